The van der Waals surface area contributed by atoms with E-state index in [1.807, 2.05) is 12.1 Å². The summed E-state index contributed by atoms with van der Waals surface area (Å²) in [6.45, 7) is 1.19. The van der Waals surface area contributed by atoms with E-state index in [1.54, 1.807) is 34.1 Å². The molecule has 3 N–H and O–H groups in total. The average Bonchev–Trinajstić information content (AvgIpc) is 3.09. The lowest BCUT2D eigenvalue weighted by Gasteiger charge is -2.32. The van der Waals surface area contributed by atoms with Crippen molar-refractivity contribution in [1.29, 1.82) is 0 Å². The van der Waals surface area contributed by atoms with Crippen LogP contribution in [0.5, 0.6) is 0 Å². The van der Waals surface area contributed by atoms with Gasteiger partial charge in [0.15, 0.2) is 0 Å². The second kappa shape index (κ2) is 6.47. The SMILES string of the molecule is NC(=O)NC1CCN(C(=O)c2cccc(-n3ccnn3)c2)CC1. The molecule has 0 radical (unpaired) electrons. The highest BCUT2D eigenvalue weighted by atomic mass is 16.2. The summed E-state index contributed by atoms with van der Waals surface area (Å²) in [7, 11) is 0. The molecule has 0 atom stereocenters. The highest BCUT2D eigenvalue weighted by Crippen LogP contribution is 2.16. The Kier molecular flexibility index (Phi) is 4.22. The molecule has 120 valence electrons. The second-order valence-electron chi connectivity index (χ2n) is 5.47. The first-order valence-corrected chi connectivity index (χ1v) is 7.45. The summed E-state index contributed by atoms with van der Waals surface area (Å²) in [4.78, 5) is 25.3. The van der Waals surface area contributed by atoms with E-state index in [2.05, 4.69) is 15.6 Å². The standard InChI is InChI=1S/C15H18N6O2/c16-15(23)18-12-4-7-20(8-5-12)14(22)11-2-1-3-13(10-11)21-9-6-17-19-21/h1-3,6,9-10,12H,4-5,7-8H2,(H3,16,18,23). The van der Waals surface area contributed by atoms with Crippen LogP contribution < -0.4 is 11.1 Å². The number of likely N-dealkylation sites (tertiary alicyclic amines) is 1. The van der Waals surface area contributed by atoms with Crippen LogP contribution in [-0.2, 0) is 0 Å². The summed E-state index contributed by atoms with van der Waals surface area (Å²) in [5.41, 5.74) is 6.53. The summed E-state index contributed by atoms with van der Waals surface area (Å²) in [5.74, 6) is -0.0236. The van der Waals surface area contributed by atoms with Crippen molar-refractivity contribution in [2.75, 3.05) is 13.1 Å². The van der Waals surface area contributed by atoms with Gasteiger partial charge in [0.05, 0.1) is 18.1 Å². The van der Waals surface area contributed by atoms with Crippen molar-refractivity contribution < 1.29 is 9.59 Å². The molecule has 2 aromatic rings. The Morgan fingerprint density at radius 3 is 2.70 bits per heavy atom. The number of hydrogen-bond acceptors (Lipinski definition) is 4. The van der Waals surface area contributed by atoms with Gasteiger partial charge in [-0.2, -0.15) is 0 Å². The predicted octanol–water partition coefficient (Wildman–Crippen LogP) is 0.540. The van der Waals surface area contributed by atoms with Crippen LogP contribution in [0.1, 0.15) is 23.2 Å². The van der Waals surface area contributed by atoms with Gasteiger partial charge in [0.1, 0.15) is 0 Å². The highest BCUT2D eigenvalue weighted by molar-refractivity contribution is 5.94. The number of rotatable bonds is 3. The van der Waals surface area contributed by atoms with Crippen molar-refractivity contribution in [3.63, 3.8) is 0 Å². The Bertz CT molecular complexity index is 692. The van der Waals surface area contributed by atoms with E-state index >= 15 is 0 Å². The number of benzene rings is 1. The fourth-order valence-corrected chi connectivity index (χ4v) is 2.74. The molecular weight excluding hydrogens is 296 g/mol. The number of piperidine rings is 1. The molecule has 1 aromatic carbocycles. The van der Waals surface area contributed by atoms with Crippen molar-refractivity contribution in [3.05, 3.63) is 42.2 Å². The van der Waals surface area contributed by atoms with Gasteiger partial charge in [-0.25, -0.2) is 9.48 Å². The van der Waals surface area contributed by atoms with Crippen LogP contribution in [0.25, 0.3) is 5.69 Å². The number of primary amides is 1. The van der Waals surface area contributed by atoms with E-state index in [0.29, 0.717) is 31.5 Å². The lowest BCUT2D eigenvalue weighted by atomic mass is 10.0. The maximum absolute atomic E-state index is 12.6. The molecule has 0 saturated carbocycles. The Balaban J connectivity index is 1.67. The van der Waals surface area contributed by atoms with Gasteiger partial charge in [-0.1, -0.05) is 11.3 Å². The minimum absolute atomic E-state index is 0.0236. The molecule has 1 fully saturated rings. The van der Waals surface area contributed by atoms with Gasteiger partial charge < -0.3 is 16.0 Å². The number of urea groups is 1. The summed E-state index contributed by atoms with van der Waals surface area (Å²) in [6, 6.07) is 6.80. The van der Waals surface area contributed by atoms with Crippen molar-refractivity contribution in [3.8, 4) is 5.69 Å². The number of carbonyl (C=O) groups excluding carboxylic acids is 2. The van der Waals surface area contributed by atoms with Crippen LogP contribution in [0.4, 0.5) is 4.79 Å². The van der Waals surface area contributed by atoms with Gasteiger partial charge in [-0.3, -0.25) is 4.79 Å². The first-order valence-electron chi connectivity index (χ1n) is 7.45. The van der Waals surface area contributed by atoms with E-state index in [1.165, 1.54) is 0 Å². The number of carbonyl (C=O) groups is 2. The van der Waals surface area contributed by atoms with Gasteiger partial charge in [0.25, 0.3) is 5.91 Å². The molecule has 1 aromatic heterocycles. The number of hydrogen-bond donors (Lipinski definition) is 2. The summed E-state index contributed by atoms with van der Waals surface area (Å²) >= 11 is 0. The Morgan fingerprint density at radius 1 is 1.26 bits per heavy atom. The number of nitrogens with two attached hydrogens (primary N) is 1. The van der Waals surface area contributed by atoms with Crippen molar-refractivity contribution in [1.82, 2.24) is 25.2 Å². The zero-order chi connectivity index (χ0) is 16.2. The Hall–Kier alpha value is -2.90. The molecular formula is C15H18N6O2. The number of amides is 3. The quantitative estimate of drug-likeness (QED) is 0.862. The number of aromatic nitrogens is 3. The van der Waals surface area contributed by atoms with Crippen LogP contribution in [0.15, 0.2) is 36.7 Å². The Labute approximate surface area is 133 Å². The second-order valence-corrected chi connectivity index (χ2v) is 5.47. The van der Waals surface area contributed by atoms with Crippen LogP contribution in [0.3, 0.4) is 0 Å². The minimum Gasteiger partial charge on any atom is -0.352 e. The van der Waals surface area contributed by atoms with E-state index in [4.69, 9.17) is 5.73 Å². The molecule has 0 aliphatic carbocycles. The number of nitrogens with zero attached hydrogens (tertiary/aromatic N) is 4. The molecule has 3 rings (SSSR count). The van der Waals surface area contributed by atoms with Gasteiger partial charge in [-0.05, 0) is 31.0 Å². The zero-order valence-corrected chi connectivity index (χ0v) is 12.6. The molecule has 1 saturated heterocycles. The van der Waals surface area contributed by atoms with Crippen molar-refractivity contribution in [2.24, 2.45) is 5.73 Å². The predicted molar refractivity (Wildman–Crippen MR) is 83.0 cm³/mol. The third-order valence-electron chi connectivity index (χ3n) is 3.91. The van der Waals surface area contributed by atoms with Gasteiger partial charge in [0, 0.05) is 24.7 Å². The molecule has 1 aliphatic rings. The van der Waals surface area contributed by atoms with Gasteiger partial charge in [-0.15, -0.1) is 5.10 Å². The molecule has 8 nitrogen and oxygen atoms in total. The third kappa shape index (κ3) is 3.47. The molecule has 3 amide bonds. The third-order valence-corrected chi connectivity index (χ3v) is 3.91. The van der Waals surface area contributed by atoms with Gasteiger partial charge in [0.2, 0.25) is 0 Å². The van der Waals surface area contributed by atoms with E-state index < -0.39 is 6.03 Å². The first-order chi connectivity index (χ1) is 11.1. The lowest BCUT2D eigenvalue weighted by molar-refractivity contribution is 0.0708. The van der Waals surface area contributed by atoms with Gasteiger partial charge >= 0.3 is 6.03 Å². The summed E-state index contributed by atoms with van der Waals surface area (Å²) in [6.07, 6.45) is 4.73. The fourth-order valence-electron chi connectivity index (χ4n) is 2.74. The number of nitrogens with one attached hydrogen (secondary N) is 1. The molecule has 0 unspecified atom stereocenters. The largest absolute Gasteiger partial charge is 0.352 e. The van der Waals surface area contributed by atoms with Crippen LogP contribution in [-0.4, -0.2) is 51.0 Å². The van der Waals surface area contributed by atoms with E-state index in [-0.39, 0.29) is 11.9 Å². The Morgan fingerprint density at radius 2 is 2.04 bits per heavy atom. The smallest absolute Gasteiger partial charge is 0.312 e. The molecule has 8 heteroatoms. The average molecular weight is 314 g/mol. The highest BCUT2D eigenvalue weighted by Gasteiger charge is 2.24. The fraction of sp³-hybridized carbons (Fsp3) is 0.333. The van der Waals surface area contributed by atoms with Crippen molar-refractivity contribution >= 4 is 11.9 Å². The first kappa shape index (κ1) is 15.0. The molecule has 0 bridgehead atoms. The van der Waals surface area contributed by atoms with Crippen LogP contribution in [0, 0.1) is 0 Å². The van der Waals surface area contributed by atoms with Crippen LogP contribution in [0.2, 0.25) is 0 Å². The van der Waals surface area contributed by atoms with E-state index in [0.717, 1.165) is 5.69 Å². The van der Waals surface area contributed by atoms with Crippen molar-refractivity contribution in [2.45, 2.75) is 18.9 Å². The van der Waals surface area contributed by atoms with E-state index in [9.17, 15) is 9.59 Å². The lowest BCUT2D eigenvalue weighted by Crippen LogP contribution is -2.47. The summed E-state index contributed by atoms with van der Waals surface area (Å²) < 4.78 is 1.61. The molecule has 23 heavy (non-hydrogen) atoms. The molecule has 0 spiro atoms. The zero-order valence-electron chi connectivity index (χ0n) is 12.6. The minimum atomic E-state index is -0.518. The molecule has 2 heterocycles. The normalized spacial score (nSPS) is 15.4. The van der Waals surface area contributed by atoms with Crippen LogP contribution >= 0.6 is 0 Å². The molecule has 1 aliphatic heterocycles. The maximum atomic E-state index is 12.6. The summed E-state index contributed by atoms with van der Waals surface area (Å²) in [5, 5.41) is 10.4. The topological polar surface area (TPSA) is 106 Å². The monoisotopic (exact) mass is 314 g/mol. The maximum Gasteiger partial charge on any atom is 0.312 e.